The fourth-order valence-corrected chi connectivity index (χ4v) is 1.07. The number of unbranched alkanes of at least 4 members (excludes halogenated alkanes) is 3. The summed E-state index contributed by atoms with van der Waals surface area (Å²) in [6.45, 7) is 2.12. The zero-order valence-electron chi connectivity index (χ0n) is 7.55. The van der Waals surface area contributed by atoms with Crippen LogP contribution >= 0.6 is 0 Å². The van der Waals surface area contributed by atoms with Gasteiger partial charge in [-0.05, 0) is 6.42 Å². The van der Waals surface area contributed by atoms with Crippen LogP contribution in [0.5, 0.6) is 0 Å². The van der Waals surface area contributed by atoms with Gasteiger partial charge >= 0.3 is 5.97 Å². The molecule has 1 atom stereocenters. The van der Waals surface area contributed by atoms with Crippen molar-refractivity contribution in [3.05, 3.63) is 0 Å². The number of hydrogen-bond acceptors (Lipinski definition) is 2. The maximum absolute atomic E-state index is 10.4. The van der Waals surface area contributed by atoms with Crippen LogP contribution in [0.25, 0.3) is 0 Å². The van der Waals surface area contributed by atoms with Crippen LogP contribution in [0.3, 0.4) is 0 Å². The summed E-state index contributed by atoms with van der Waals surface area (Å²) < 4.78 is 0. The molecule has 0 saturated carbocycles. The van der Waals surface area contributed by atoms with E-state index in [1.807, 2.05) is 0 Å². The minimum Gasteiger partial charge on any atom is -0.481 e. The molecule has 0 aliphatic rings. The molecule has 0 bridgehead atoms. The number of carbonyl (C=O) groups is 1. The lowest BCUT2D eigenvalue weighted by atomic mass is 10.0. The first-order valence-corrected chi connectivity index (χ1v) is 4.45. The van der Waals surface area contributed by atoms with Crippen LogP contribution in [0.4, 0.5) is 0 Å². The lowest BCUT2D eigenvalue weighted by Gasteiger charge is -2.04. The highest BCUT2D eigenvalue weighted by atomic mass is 16.4. The highest BCUT2D eigenvalue weighted by molar-refractivity contribution is 5.87. The van der Waals surface area contributed by atoms with E-state index in [4.69, 9.17) is 10.5 Å². The molecule has 0 rings (SSSR count). The lowest BCUT2D eigenvalue weighted by molar-refractivity contribution is -0.139. The Hall–Kier alpha value is -0.860. The minimum absolute atomic E-state index is 0.568. The first-order valence-electron chi connectivity index (χ1n) is 4.45. The Bertz CT molecular complexity index is 145. The van der Waals surface area contributed by atoms with Gasteiger partial charge in [-0.15, -0.1) is 0 Å². The van der Waals surface area contributed by atoms with Gasteiger partial charge in [-0.2, -0.15) is 0 Å². The molecular weight excluding hydrogens is 154 g/mol. The Morgan fingerprint density at radius 1 is 1.50 bits per heavy atom. The number of carboxylic acid groups (broad SMARTS) is 1. The molecule has 0 aromatic carbocycles. The largest absolute Gasteiger partial charge is 0.481 e. The SMILES string of the molecule is CCCCCCC(C=N)C(=O)O. The van der Waals surface area contributed by atoms with Crippen molar-refractivity contribution < 1.29 is 9.90 Å². The molecule has 70 valence electrons. The summed E-state index contributed by atoms with van der Waals surface area (Å²) in [6.07, 6.45) is 5.94. The number of aliphatic carboxylic acids is 1. The molecule has 3 heteroatoms. The summed E-state index contributed by atoms with van der Waals surface area (Å²) in [4.78, 5) is 10.4. The highest BCUT2D eigenvalue weighted by Crippen LogP contribution is 2.09. The van der Waals surface area contributed by atoms with Crippen LogP contribution in [-0.4, -0.2) is 17.3 Å². The molecule has 3 nitrogen and oxygen atoms in total. The predicted molar refractivity (Wildman–Crippen MR) is 48.7 cm³/mol. The van der Waals surface area contributed by atoms with Crippen molar-refractivity contribution in [3.8, 4) is 0 Å². The van der Waals surface area contributed by atoms with Crippen LogP contribution in [-0.2, 0) is 4.79 Å². The number of rotatable bonds is 7. The van der Waals surface area contributed by atoms with Crippen molar-refractivity contribution in [2.45, 2.75) is 39.0 Å². The third kappa shape index (κ3) is 4.88. The maximum Gasteiger partial charge on any atom is 0.311 e. The summed E-state index contributed by atoms with van der Waals surface area (Å²) in [5.41, 5.74) is 0. The van der Waals surface area contributed by atoms with Gasteiger partial charge in [-0.1, -0.05) is 32.6 Å². The molecule has 0 spiro atoms. The highest BCUT2D eigenvalue weighted by Gasteiger charge is 2.12. The summed E-state index contributed by atoms with van der Waals surface area (Å²) >= 11 is 0. The fraction of sp³-hybridized carbons (Fsp3) is 0.778. The van der Waals surface area contributed by atoms with Crippen molar-refractivity contribution in [1.82, 2.24) is 0 Å². The molecular formula is C9H17NO2. The smallest absolute Gasteiger partial charge is 0.311 e. The van der Waals surface area contributed by atoms with Crippen LogP contribution in [0.15, 0.2) is 0 Å². The Balaban J connectivity index is 3.45. The number of nitrogens with one attached hydrogen (secondary N) is 1. The first kappa shape index (κ1) is 11.1. The first-order chi connectivity index (χ1) is 5.72. The van der Waals surface area contributed by atoms with Crippen molar-refractivity contribution >= 4 is 12.2 Å². The topological polar surface area (TPSA) is 61.2 Å². The molecule has 0 amide bonds. The molecule has 0 aliphatic carbocycles. The molecule has 0 fully saturated rings. The molecule has 1 unspecified atom stereocenters. The normalized spacial score (nSPS) is 12.4. The predicted octanol–water partition coefficient (Wildman–Crippen LogP) is 2.31. The van der Waals surface area contributed by atoms with Crippen molar-refractivity contribution in [2.75, 3.05) is 0 Å². The van der Waals surface area contributed by atoms with Crippen molar-refractivity contribution in [1.29, 1.82) is 5.41 Å². The standard InChI is InChI=1S/C9H17NO2/c1-2-3-4-5-6-8(7-10)9(11)12/h7-8,10H,2-6H2,1H3,(H,11,12). The van der Waals surface area contributed by atoms with Crippen LogP contribution < -0.4 is 0 Å². The minimum atomic E-state index is -0.874. The second-order valence-corrected chi connectivity index (χ2v) is 2.96. The Morgan fingerprint density at radius 3 is 2.58 bits per heavy atom. The van der Waals surface area contributed by atoms with Gasteiger partial charge in [-0.25, -0.2) is 0 Å². The van der Waals surface area contributed by atoms with Crippen LogP contribution in [0.2, 0.25) is 0 Å². The second kappa shape index (κ2) is 6.83. The fourth-order valence-electron chi connectivity index (χ4n) is 1.07. The quantitative estimate of drug-likeness (QED) is 0.456. The molecule has 0 aliphatic heterocycles. The van der Waals surface area contributed by atoms with Gasteiger partial charge in [0.2, 0.25) is 0 Å². The molecule has 0 heterocycles. The molecule has 2 N–H and O–H groups in total. The third-order valence-electron chi connectivity index (χ3n) is 1.89. The summed E-state index contributed by atoms with van der Waals surface area (Å²) in [5.74, 6) is -1.44. The number of carboxylic acids is 1. The van der Waals surface area contributed by atoms with Crippen molar-refractivity contribution in [2.24, 2.45) is 5.92 Å². The summed E-state index contributed by atoms with van der Waals surface area (Å²) in [5, 5.41) is 15.4. The van der Waals surface area contributed by atoms with Gasteiger partial charge < -0.3 is 10.5 Å². The van der Waals surface area contributed by atoms with E-state index in [1.165, 1.54) is 0 Å². The lowest BCUT2D eigenvalue weighted by Crippen LogP contribution is -2.14. The van der Waals surface area contributed by atoms with E-state index < -0.39 is 11.9 Å². The zero-order valence-corrected chi connectivity index (χ0v) is 7.55. The van der Waals surface area contributed by atoms with E-state index in [0.717, 1.165) is 31.9 Å². The average molecular weight is 171 g/mol. The monoisotopic (exact) mass is 171 g/mol. The third-order valence-corrected chi connectivity index (χ3v) is 1.89. The molecule has 0 radical (unpaired) electrons. The number of hydrogen-bond donors (Lipinski definition) is 2. The molecule has 0 aromatic heterocycles. The van der Waals surface area contributed by atoms with Crippen molar-refractivity contribution in [3.63, 3.8) is 0 Å². The van der Waals surface area contributed by atoms with Gasteiger partial charge in [0.15, 0.2) is 0 Å². The van der Waals surface area contributed by atoms with E-state index in [2.05, 4.69) is 6.92 Å². The Kier molecular flexibility index (Phi) is 6.34. The summed E-state index contributed by atoms with van der Waals surface area (Å²) in [7, 11) is 0. The molecule has 0 saturated heterocycles. The van der Waals surface area contributed by atoms with Gasteiger partial charge in [-0.3, -0.25) is 4.79 Å². The molecule has 12 heavy (non-hydrogen) atoms. The summed E-state index contributed by atoms with van der Waals surface area (Å²) in [6, 6.07) is 0. The Labute approximate surface area is 73.3 Å². The average Bonchev–Trinajstić information content (AvgIpc) is 2.04. The van der Waals surface area contributed by atoms with E-state index in [0.29, 0.717) is 6.42 Å². The van der Waals surface area contributed by atoms with E-state index in [9.17, 15) is 4.79 Å². The van der Waals surface area contributed by atoms with Crippen LogP contribution in [0.1, 0.15) is 39.0 Å². The van der Waals surface area contributed by atoms with Gasteiger partial charge in [0, 0.05) is 6.21 Å². The van der Waals surface area contributed by atoms with E-state index in [-0.39, 0.29) is 0 Å². The van der Waals surface area contributed by atoms with Crippen LogP contribution in [0, 0.1) is 11.3 Å². The maximum atomic E-state index is 10.4. The van der Waals surface area contributed by atoms with Gasteiger partial charge in [0.1, 0.15) is 0 Å². The Morgan fingerprint density at radius 2 is 2.17 bits per heavy atom. The van der Waals surface area contributed by atoms with E-state index >= 15 is 0 Å². The van der Waals surface area contributed by atoms with E-state index in [1.54, 1.807) is 0 Å². The second-order valence-electron chi connectivity index (χ2n) is 2.96. The van der Waals surface area contributed by atoms with Gasteiger partial charge in [0.05, 0.1) is 5.92 Å². The zero-order chi connectivity index (χ0) is 9.40. The van der Waals surface area contributed by atoms with Gasteiger partial charge in [0.25, 0.3) is 0 Å². The molecule has 0 aromatic rings.